The third kappa shape index (κ3) is 10.8. The molecule has 0 aromatic heterocycles. The van der Waals surface area contributed by atoms with Gasteiger partial charge in [0.15, 0.2) is 0 Å². The van der Waals surface area contributed by atoms with Gasteiger partial charge < -0.3 is 16.4 Å². The first kappa shape index (κ1) is 18.9. The lowest BCUT2D eigenvalue weighted by Gasteiger charge is -2.07. The largest absolute Gasteiger partial charge is 0.385 e. The van der Waals surface area contributed by atoms with Crippen molar-refractivity contribution in [1.82, 2.24) is 5.32 Å². The lowest BCUT2D eigenvalue weighted by Crippen LogP contribution is -2.16. The van der Waals surface area contributed by atoms with E-state index >= 15 is 0 Å². The SMILES string of the molecule is CCC.CCCNCCCCNc1ccc(CN)cc1. The Morgan fingerprint density at radius 3 is 2.05 bits per heavy atom. The smallest absolute Gasteiger partial charge is 0.0340 e. The second-order valence-corrected chi connectivity index (χ2v) is 4.99. The van der Waals surface area contributed by atoms with Crippen molar-refractivity contribution in [2.75, 3.05) is 25.0 Å². The summed E-state index contributed by atoms with van der Waals surface area (Å²) in [5.41, 5.74) is 7.92. The highest BCUT2D eigenvalue weighted by Gasteiger charge is 1.93. The molecule has 1 rings (SSSR count). The van der Waals surface area contributed by atoms with Gasteiger partial charge >= 0.3 is 0 Å². The standard InChI is InChI=1S/C14H25N3.C3H8/c1-2-9-16-10-3-4-11-17-14-7-5-13(12-15)6-8-14;1-3-2/h5-8,16-17H,2-4,9-12,15H2,1H3;3H2,1-2H3. The first-order valence-electron chi connectivity index (χ1n) is 8.02. The van der Waals surface area contributed by atoms with Crippen LogP contribution in [0.1, 0.15) is 52.0 Å². The molecule has 0 atom stereocenters. The predicted molar refractivity (Wildman–Crippen MR) is 91.2 cm³/mol. The van der Waals surface area contributed by atoms with Crippen LogP contribution in [0.3, 0.4) is 0 Å². The van der Waals surface area contributed by atoms with Crippen molar-refractivity contribution in [2.24, 2.45) is 5.73 Å². The van der Waals surface area contributed by atoms with Gasteiger partial charge in [-0.15, -0.1) is 0 Å². The Bertz CT molecular complexity index is 296. The Hall–Kier alpha value is -1.06. The molecular formula is C17H33N3. The maximum atomic E-state index is 5.55. The number of hydrogen-bond donors (Lipinski definition) is 3. The number of rotatable bonds is 9. The average molecular weight is 279 g/mol. The molecule has 116 valence electrons. The topological polar surface area (TPSA) is 50.1 Å². The average Bonchev–Trinajstić information content (AvgIpc) is 2.48. The van der Waals surface area contributed by atoms with Crippen LogP contribution in [0.2, 0.25) is 0 Å². The van der Waals surface area contributed by atoms with E-state index in [-0.39, 0.29) is 0 Å². The molecule has 0 aliphatic carbocycles. The molecule has 1 aromatic rings. The van der Waals surface area contributed by atoms with Crippen LogP contribution in [-0.2, 0) is 6.54 Å². The Morgan fingerprint density at radius 2 is 1.50 bits per heavy atom. The van der Waals surface area contributed by atoms with Crippen molar-refractivity contribution in [3.8, 4) is 0 Å². The summed E-state index contributed by atoms with van der Waals surface area (Å²) < 4.78 is 0. The zero-order valence-electron chi connectivity index (χ0n) is 13.5. The van der Waals surface area contributed by atoms with E-state index < -0.39 is 0 Å². The molecule has 0 spiro atoms. The van der Waals surface area contributed by atoms with Gasteiger partial charge in [0.05, 0.1) is 0 Å². The molecule has 0 fully saturated rings. The van der Waals surface area contributed by atoms with E-state index in [9.17, 15) is 0 Å². The third-order valence-corrected chi connectivity index (χ3v) is 2.73. The van der Waals surface area contributed by atoms with Gasteiger partial charge in [0.1, 0.15) is 0 Å². The lowest BCUT2D eigenvalue weighted by atomic mass is 10.2. The van der Waals surface area contributed by atoms with Crippen LogP contribution in [-0.4, -0.2) is 19.6 Å². The zero-order chi connectivity index (χ0) is 15.1. The van der Waals surface area contributed by atoms with E-state index in [0.717, 1.165) is 19.6 Å². The number of nitrogens with one attached hydrogen (secondary N) is 2. The molecule has 1 aromatic carbocycles. The number of benzene rings is 1. The van der Waals surface area contributed by atoms with E-state index in [1.807, 2.05) is 0 Å². The molecule has 0 saturated carbocycles. The molecule has 3 heteroatoms. The molecule has 3 nitrogen and oxygen atoms in total. The number of hydrogen-bond acceptors (Lipinski definition) is 3. The fraction of sp³-hybridized carbons (Fsp3) is 0.647. The summed E-state index contributed by atoms with van der Waals surface area (Å²) in [4.78, 5) is 0. The van der Waals surface area contributed by atoms with Gasteiger partial charge in [-0.25, -0.2) is 0 Å². The van der Waals surface area contributed by atoms with Crippen LogP contribution in [0.5, 0.6) is 0 Å². The highest BCUT2D eigenvalue weighted by Crippen LogP contribution is 2.08. The summed E-state index contributed by atoms with van der Waals surface area (Å²) in [5.74, 6) is 0. The molecule has 4 N–H and O–H groups in total. The minimum absolute atomic E-state index is 0.614. The second kappa shape index (κ2) is 14.4. The van der Waals surface area contributed by atoms with Crippen molar-refractivity contribution < 1.29 is 0 Å². The fourth-order valence-corrected chi connectivity index (χ4v) is 1.67. The summed E-state index contributed by atoms with van der Waals surface area (Å²) in [5, 5.41) is 6.83. The zero-order valence-corrected chi connectivity index (χ0v) is 13.5. The van der Waals surface area contributed by atoms with Crippen molar-refractivity contribution in [2.45, 2.75) is 53.0 Å². The fourth-order valence-electron chi connectivity index (χ4n) is 1.67. The molecule has 0 heterocycles. The van der Waals surface area contributed by atoms with Crippen molar-refractivity contribution >= 4 is 5.69 Å². The van der Waals surface area contributed by atoms with Crippen LogP contribution in [0.15, 0.2) is 24.3 Å². The molecular weight excluding hydrogens is 246 g/mol. The van der Waals surface area contributed by atoms with Crippen molar-refractivity contribution in [1.29, 1.82) is 0 Å². The van der Waals surface area contributed by atoms with Crippen LogP contribution in [0.25, 0.3) is 0 Å². The van der Waals surface area contributed by atoms with Crippen molar-refractivity contribution in [3.63, 3.8) is 0 Å². The van der Waals surface area contributed by atoms with Gasteiger partial charge in [0.25, 0.3) is 0 Å². The van der Waals surface area contributed by atoms with E-state index in [1.54, 1.807) is 0 Å². The van der Waals surface area contributed by atoms with Crippen LogP contribution >= 0.6 is 0 Å². The summed E-state index contributed by atoms with van der Waals surface area (Å²) in [6, 6.07) is 8.34. The molecule has 0 bridgehead atoms. The minimum atomic E-state index is 0.614. The third-order valence-electron chi connectivity index (χ3n) is 2.73. The predicted octanol–water partition coefficient (Wildman–Crippen LogP) is 3.75. The van der Waals surface area contributed by atoms with Gasteiger partial charge in [-0.05, 0) is 50.0 Å². The Kier molecular flexibility index (Phi) is 13.6. The van der Waals surface area contributed by atoms with Crippen LogP contribution in [0.4, 0.5) is 5.69 Å². The Balaban J connectivity index is 0.00000110. The van der Waals surface area contributed by atoms with E-state index in [4.69, 9.17) is 5.73 Å². The first-order chi connectivity index (χ1) is 9.78. The van der Waals surface area contributed by atoms with E-state index in [1.165, 1.54) is 36.9 Å². The molecule has 0 aliphatic heterocycles. The highest BCUT2D eigenvalue weighted by atomic mass is 14.9. The van der Waals surface area contributed by atoms with Gasteiger partial charge in [-0.2, -0.15) is 0 Å². The summed E-state index contributed by atoms with van der Waals surface area (Å²) in [6.07, 6.45) is 4.90. The summed E-state index contributed by atoms with van der Waals surface area (Å²) in [7, 11) is 0. The van der Waals surface area contributed by atoms with Crippen LogP contribution < -0.4 is 16.4 Å². The second-order valence-electron chi connectivity index (χ2n) is 4.99. The number of unbranched alkanes of at least 4 members (excludes halogenated alkanes) is 1. The van der Waals surface area contributed by atoms with Crippen molar-refractivity contribution in [3.05, 3.63) is 29.8 Å². The molecule has 0 radical (unpaired) electrons. The quantitative estimate of drug-likeness (QED) is 0.603. The van der Waals surface area contributed by atoms with Gasteiger partial charge in [0, 0.05) is 18.8 Å². The van der Waals surface area contributed by atoms with Gasteiger partial charge in [-0.3, -0.25) is 0 Å². The van der Waals surface area contributed by atoms with Gasteiger partial charge in [0.2, 0.25) is 0 Å². The lowest BCUT2D eigenvalue weighted by molar-refractivity contribution is 0.626. The number of nitrogens with two attached hydrogens (primary N) is 1. The molecule has 0 unspecified atom stereocenters. The molecule has 20 heavy (non-hydrogen) atoms. The normalized spacial score (nSPS) is 9.80. The molecule has 0 aliphatic rings. The highest BCUT2D eigenvalue weighted by molar-refractivity contribution is 5.44. The Labute approximate surface area is 125 Å². The summed E-state index contributed by atoms with van der Waals surface area (Å²) in [6.45, 7) is 10.4. The Morgan fingerprint density at radius 1 is 0.900 bits per heavy atom. The van der Waals surface area contributed by atoms with Gasteiger partial charge in [-0.1, -0.05) is 39.3 Å². The van der Waals surface area contributed by atoms with E-state index in [2.05, 4.69) is 55.7 Å². The molecule has 0 amide bonds. The number of anilines is 1. The first-order valence-corrected chi connectivity index (χ1v) is 8.02. The van der Waals surface area contributed by atoms with E-state index in [0.29, 0.717) is 6.54 Å². The monoisotopic (exact) mass is 279 g/mol. The molecule has 0 saturated heterocycles. The minimum Gasteiger partial charge on any atom is -0.385 e. The van der Waals surface area contributed by atoms with Crippen LogP contribution in [0, 0.1) is 0 Å². The maximum Gasteiger partial charge on any atom is 0.0340 e. The summed E-state index contributed by atoms with van der Waals surface area (Å²) >= 11 is 0. The maximum absolute atomic E-state index is 5.55.